The van der Waals surface area contributed by atoms with Crippen molar-refractivity contribution in [2.24, 2.45) is 0 Å². The Bertz CT molecular complexity index is 1050. The largest absolute Gasteiger partial charge is 0.309 e. The van der Waals surface area contributed by atoms with E-state index in [-0.39, 0.29) is 17.6 Å². The van der Waals surface area contributed by atoms with E-state index in [9.17, 15) is 4.79 Å². The van der Waals surface area contributed by atoms with Gasteiger partial charge in [-0.1, -0.05) is 72.8 Å². The number of hydrogen-bond donors (Lipinski definition) is 2. The molecule has 1 unspecified atom stereocenters. The normalized spacial score (nSPS) is 12.4. The van der Waals surface area contributed by atoms with Crippen LogP contribution < -0.4 is 10.9 Å². The zero-order valence-electron chi connectivity index (χ0n) is 15.1. The van der Waals surface area contributed by atoms with Gasteiger partial charge in [0.05, 0.1) is 23.0 Å². The Morgan fingerprint density at radius 2 is 1.37 bits per heavy atom. The van der Waals surface area contributed by atoms with E-state index < -0.39 is 0 Å². The Hall–Kier alpha value is -3.24. The van der Waals surface area contributed by atoms with Crippen molar-refractivity contribution in [3.63, 3.8) is 0 Å². The van der Waals surface area contributed by atoms with Gasteiger partial charge in [-0.25, -0.2) is 4.98 Å². The van der Waals surface area contributed by atoms with Gasteiger partial charge in [0.15, 0.2) is 0 Å². The summed E-state index contributed by atoms with van der Waals surface area (Å²) in [5, 5.41) is 4.23. The third-order valence-electron chi connectivity index (χ3n) is 4.72. The zero-order chi connectivity index (χ0) is 18.6. The molecule has 1 heterocycles. The van der Waals surface area contributed by atoms with Crippen molar-refractivity contribution in [2.45, 2.75) is 19.0 Å². The van der Waals surface area contributed by atoms with E-state index in [0.29, 0.717) is 16.7 Å². The lowest BCUT2D eigenvalue weighted by Gasteiger charge is -2.24. The lowest BCUT2D eigenvalue weighted by Crippen LogP contribution is -2.28. The van der Waals surface area contributed by atoms with Gasteiger partial charge in [-0.3, -0.25) is 10.1 Å². The van der Waals surface area contributed by atoms with Gasteiger partial charge in [0.25, 0.3) is 5.56 Å². The Morgan fingerprint density at radius 1 is 0.815 bits per heavy atom. The van der Waals surface area contributed by atoms with Crippen LogP contribution in [0.3, 0.4) is 0 Å². The van der Waals surface area contributed by atoms with Crippen LogP contribution in [0.5, 0.6) is 0 Å². The molecule has 0 saturated carbocycles. The maximum atomic E-state index is 12.4. The van der Waals surface area contributed by atoms with Crippen molar-refractivity contribution in [3.05, 3.63) is 112 Å². The van der Waals surface area contributed by atoms with Crippen LogP contribution in [0, 0.1) is 0 Å². The summed E-state index contributed by atoms with van der Waals surface area (Å²) in [5.41, 5.74) is 2.93. The minimum absolute atomic E-state index is 0.000766. The van der Waals surface area contributed by atoms with Crippen molar-refractivity contribution >= 4 is 10.9 Å². The Morgan fingerprint density at radius 3 is 2.00 bits per heavy atom. The molecule has 0 aliphatic carbocycles. The smallest absolute Gasteiger partial charge is 0.258 e. The van der Waals surface area contributed by atoms with Crippen LogP contribution >= 0.6 is 0 Å². The topological polar surface area (TPSA) is 57.8 Å². The second kappa shape index (κ2) is 7.56. The second-order valence-electron chi connectivity index (χ2n) is 6.61. The molecule has 0 aliphatic heterocycles. The molecule has 0 amide bonds. The molecule has 1 aromatic heterocycles. The molecular formula is C23H21N3O. The molecule has 4 heteroatoms. The summed E-state index contributed by atoms with van der Waals surface area (Å²) in [5.74, 6) is 0.635. The average molecular weight is 355 g/mol. The number of H-pyrrole nitrogens is 1. The zero-order valence-corrected chi connectivity index (χ0v) is 15.1. The summed E-state index contributed by atoms with van der Waals surface area (Å²) in [7, 11) is 0. The van der Waals surface area contributed by atoms with Gasteiger partial charge in [-0.05, 0) is 30.2 Å². The van der Waals surface area contributed by atoms with E-state index in [4.69, 9.17) is 0 Å². The molecule has 2 N–H and O–H groups in total. The summed E-state index contributed by atoms with van der Waals surface area (Å²) in [6.45, 7) is 2.02. The van der Waals surface area contributed by atoms with Crippen molar-refractivity contribution < 1.29 is 0 Å². The van der Waals surface area contributed by atoms with Gasteiger partial charge < -0.3 is 4.98 Å². The fourth-order valence-electron chi connectivity index (χ4n) is 3.31. The number of nitrogens with zero attached hydrogens (tertiary/aromatic N) is 1. The number of benzene rings is 3. The van der Waals surface area contributed by atoms with Crippen molar-refractivity contribution in [3.8, 4) is 0 Å². The molecular weight excluding hydrogens is 334 g/mol. The monoisotopic (exact) mass is 355 g/mol. The summed E-state index contributed by atoms with van der Waals surface area (Å²) in [4.78, 5) is 20.0. The van der Waals surface area contributed by atoms with Crippen molar-refractivity contribution in [2.75, 3.05) is 0 Å². The SMILES string of the molecule is CC(NC(c1ccccc1)c1ccccc1)c1nc2ccccc2c(=O)[nH]1. The highest BCUT2D eigenvalue weighted by atomic mass is 16.1. The third-order valence-corrected chi connectivity index (χ3v) is 4.72. The molecule has 1 atom stereocenters. The molecule has 0 fully saturated rings. The summed E-state index contributed by atoms with van der Waals surface area (Å²) in [6.07, 6.45) is 0. The molecule has 3 aromatic carbocycles. The summed E-state index contributed by atoms with van der Waals surface area (Å²) in [6, 6.07) is 27.9. The highest BCUT2D eigenvalue weighted by molar-refractivity contribution is 5.77. The lowest BCUT2D eigenvalue weighted by molar-refractivity contribution is 0.496. The van der Waals surface area contributed by atoms with E-state index >= 15 is 0 Å². The van der Waals surface area contributed by atoms with Crippen LogP contribution in [0.4, 0.5) is 0 Å². The van der Waals surface area contributed by atoms with Crippen molar-refractivity contribution in [1.82, 2.24) is 15.3 Å². The van der Waals surface area contributed by atoms with E-state index in [1.165, 1.54) is 11.1 Å². The summed E-state index contributed by atoms with van der Waals surface area (Å²) < 4.78 is 0. The van der Waals surface area contributed by atoms with Crippen molar-refractivity contribution in [1.29, 1.82) is 0 Å². The third kappa shape index (κ3) is 3.66. The first-order chi connectivity index (χ1) is 13.2. The van der Waals surface area contributed by atoms with Crippen LogP contribution in [0.25, 0.3) is 10.9 Å². The standard InChI is InChI=1S/C23H21N3O/c1-16(22-25-20-15-9-8-14-19(20)23(27)26-22)24-21(17-10-4-2-5-11-17)18-12-6-3-7-13-18/h2-16,21,24H,1H3,(H,25,26,27). The highest BCUT2D eigenvalue weighted by Crippen LogP contribution is 2.25. The van der Waals surface area contributed by atoms with Gasteiger partial charge in [-0.15, -0.1) is 0 Å². The fourth-order valence-corrected chi connectivity index (χ4v) is 3.31. The Labute approximate surface area is 157 Å². The lowest BCUT2D eigenvalue weighted by atomic mass is 9.98. The Kier molecular flexibility index (Phi) is 4.81. The highest BCUT2D eigenvalue weighted by Gasteiger charge is 2.19. The Balaban J connectivity index is 1.70. The first-order valence-corrected chi connectivity index (χ1v) is 9.07. The molecule has 0 aliphatic rings. The number of nitrogens with one attached hydrogen (secondary N) is 2. The van der Waals surface area contributed by atoms with E-state index in [1.54, 1.807) is 6.07 Å². The van der Waals surface area contributed by atoms with Gasteiger partial charge in [0, 0.05) is 0 Å². The fraction of sp³-hybridized carbons (Fsp3) is 0.130. The predicted octanol–water partition coefficient (Wildman–Crippen LogP) is 4.36. The quantitative estimate of drug-likeness (QED) is 0.559. The number of para-hydroxylation sites is 1. The van der Waals surface area contributed by atoms with Crippen LogP contribution in [-0.4, -0.2) is 9.97 Å². The average Bonchev–Trinajstić information content (AvgIpc) is 2.73. The molecule has 27 heavy (non-hydrogen) atoms. The van der Waals surface area contributed by atoms with Crippen LogP contribution in [0.1, 0.15) is 36.0 Å². The number of rotatable bonds is 5. The van der Waals surface area contributed by atoms with Crippen LogP contribution in [0.15, 0.2) is 89.7 Å². The molecule has 4 rings (SSSR count). The molecule has 4 aromatic rings. The molecule has 0 spiro atoms. The maximum absolute atomic E-state index is 12.4. The van der Waals surface area contributed by atoms with Gasteiger partial charge in [-0.2, -0.15) is 0 Å². The van der Waals surface area contributed by atoms with Gasteiger partial charge >= 0.3 is 0 Å². The molecule has 4 nitrogen and oxygen atoms in total. The van der Waals surface area contributed by atoms with Gasteiger partial charge in [0.2, 0.25) is 0 Å². The number of fused-ring (bicyclic) bond motifs is 1. The first kappa shape index (κ1) is 17.2. The van der Waals surface area contributed by atoms with Gasteiger partial charge in [0.1, 0.15) is 5.82 Å². The summed E-state index contributed by atoms with van der Waals surface area (Å²) >= 11 is 0. The molecule has 134 valence electrons. The van der Waals surface area contributed by atoms with Crippen LogP contribution in [0.2, 0.25) is 0 Å². The molecule has 0 radical (unpaired) electrons. The maximum Gasteiger partial charge on any atom is 0.258 e. The molecule has 0 bridgehead atoms. The van der Waals surface area contributed by atoms with E-state index in [1.807, 2.05) is 61.5 Å². The van der Waals surface area contributed by atoms with E-state index in [0.717, 1.165) is 0 Å². The number of aromatic amines is 1. The minimum atomic E-state index is -0.132. The van der Waals surface area contributed by atoms with Crippen LogP contribution in [-0.2, 0) is 0 Å². The first-order valence-electron chi connectivity index (χ1n) is 9.07. The molecule has 0 saturated heterocycles. The minimum Gasteiger partial charge on any atom is -0.309 e. The van der Waals surface area contributed by atoms with E-state index in [2.05, 4.69) is 39.6 Å². The number of aromatic nitrogens is 2. The number of hydrogen-bond acceptors (Lipinski definition) is 3. The second-order valence-corrected chi connectivity index (χ2v) is 6.61. The predicted molar refractivity (Wildman–Crippen MR) is 109 cm³/mol.